The first-order chi connectivity index (χ1) is 9.47. The maximum absolute atomic E-state index is 11.8. The number of anilines is 1. The number of aryl methyl sites for hydroxylation is 2. The van der Waals surface area contributed by atoms with Crippen molar-refractivity contribution in [3.63, 3.8) is 0 Å². The number of aromatic amines is 1. The van der Waals surface area contributed by atoms with E-state index < -0.39 is 0 Å². The largest absolute Gasteiger partial charge is 0.353 e. The summed E-state index contributed by atoms with van der Waals surface area (Å²) < 4.78 is 1.91. The van der Waals surface area contributed by atoms with Crippen LogP contribution in [-0.2, 0) is 11.8 Å². The van der Waals surface area contributed by atoms with E-state index in [0.29, 0.717) is 17.8 Å². The molecule has 3 rings (SSSR count). The molecule has 0 aliphatic carbocycles. The summed E-state index contributed by atoms with van der Waals surface area (Å²) >= 11 is 0. The fourth-order valence-corrected chi connectivity index (χ4v) is 2.80. The van der Waals surface area contributed by atoms with E-state index in [-0.39, 0.29) is 17.6 Å². The molecule has 0 saturated carbocycles. The summed E-state index contributed by atoms with van der Waals surface area (Å²) in [5.41, 5.74) is 3.56. The molecule has 0 saturated heterocycles. The first-order valence-corrected chi connectivity index (χ1v) is 6.49. The second-order valence-electron chi connectivity index (χ2n) is 5.24. The molecular weight excluding hydrogens is 256 g/mol. The van der Waals surface area contributed by atoms with Crippen LogP contribution in [0, 0.1) is 6.92 Å². The first-order valence-electron chi connectivity index (χ1n) is 6.49. The van der Waals surface area contributed by atoms with Crippen LogP contribution in [0.5, 0.6) is 0 Å². The van der Waals surface area contributed by atoms with Gasteiger partial charge in [0.15, 0.2) is 11.6 Å². The number of fused-ring (bicyclic) bond motifs is 1. The van der Waals surface area contributed by atoms with E-state index >= 15 is 0 Å². The third kappa shape index (κ3) is 1.84. The number of Topliss-reactive ketones (excluding diaryl/α,β-unsaturated/α-hetero) is 1. The van der Waals surface area contributed by atoms with Gasteiger partial charge in [-0.25, -0.2) is 0 Å². The van der Waals surface area contributed by atoms with E-state index in [9.17, 15) is 9.59 Å². The lowest BCUT2D eigenvalue weighted by Crippen LogP contribution is -2.24. The summed E-state index contributed by atoms with van der Waals surface area (Å²) in [7, 11) is 1.89. The van der Waals surface area contributed by atoms with Crippen molar-refractivity contribution in [2.24, 2.45) is 7.05 Å². The summed E-state index contributed by atoms with van der Waals surface area (Å²) in [6, 6.07) is 1.86. The van der Waals surface area contributed by atoms with Crippen LogP contribution in [0.1, 0.15) is 46.6 Å². The summed E-state index contributed by atoms with van der Waals surface area (Å²) in [5, 5.41) is 9.80. The van der Waals surface area contributed by atoms with Crippen molar-refractivity contribution in [3.05, 3.63) is 34.8 Å². The van der Waals surface area contributed by atoms with Crippen LogP contribution < -0.4 is 5.32 Å². The fourth-order valence-electron chi connectivity index (χ4n) is 2.80. The lowest BCUT2D eigenvalue weighted by Gasteiger charge is -2.23. The predicted molar refractivity (Wildman–Crippen MR) is 73.8 cm³/mol. The van der Waals surface area contributed by atoms with Gasteiger partial charge in [-0.15, -0.1) is 0 Å². The van der Waals surface area contributed by atoms with Crippen molar-refractivity contribution in [2.45, 2.75) is 26.2 Å². The quantitative estimate of drug-likeness (QED) is 0.817. The fraction of sp³-hybridized carbons (Fsp3) is 0.357. The van der Waals surface area contributed by atoms with Gasteiger partial charge in [0.05, 0.1) is 0 Å². The van der Waals surface area contributed by atoms with Gasteiger partial charge in [-0.1, -0.05) is 0 Å². The highest BCUT2D eigenvalue weighted by atomic mass is 16.1. The molecule has 2 aromatic heterocycles. The van der Waals surface area contributed by atoms with E-state index in [2.05, 4.69) is 15.5 Å². The zero-order valence-corrected chi connectivity index (χ0v) is 11.7. The van der Waals surface area contributed by atoms with Crippen molar-refractivity contribution in [2.75, 3.05) is 5.32 Å². The molecule has 104 valence electrons. The van der Waals surface area contributed by atoms with Crippen molar-refractivity contribution >= 4 is 17.5 Å². The SMILES string of the molecule is CC(=O)c1cc(C2CC(=O)Nc3n[nH]c(C)c32)n(C)c1. The maximum atomic E-state index is 11.8. The van der Waals surface area contributed by atoms with Crippen molar-refractivity contribution in [1.82, 2.24) is 14.8 Å². The topological polar surface area (TPSA) is 79.8 Å². The van der Waals surface area contributed by atoms with Crippen LogP contribution in [0.2, 0.25) is 0 Å². The van der Waals surface area contributed by atoms with Gasteiger partial charge in [0.25, 0.3) is 0 Å². The van der Waals surface area contributed by atoms with Crippen molar-refractivity contribution < 1.29 is 9.59 Å². The van der Waals surface area contributed by atoms with Crippen molar-refractivity contribution in [1.29, 1.82) is 0 Å². The van der Waals surface area contributed by atoms with Crippen LogP contribution in [0.3, 0.4) is 0 Å². The molecule has 1 atom stereocenters. The lowest BCUT2D eigenvalue weighted by molar-refractivity contribution is -0.116. The molecule has 0 spiro atoms. The zero-order chi connectivity index (χ0) is 14.4. The summed E-state index contributed by atoms with van der Waals surface area (Å²) in [6.45, 7) is 3.48. The Morgan fingerprint density at radius 1 is 1.50 bits per heavy atom. The Labute approximate surface area is 116 Å². The number of amides is 1. The predicted octanol–water partition coefficient (Wildman–Crippen LogP) is 1.73. The molecule has 0 bridgehead atoms. The summed E-state index contributed by atoms with van der Waals surface area (Å²) in [4.78, 5) is 23.3. The van der Waals surface area contributed by atoms with Crippen LogP contribution in [0.4, 0.5) is 5.82 Å². The number of nitrogens with one attached hydrogen (secondary N) is 2. The number of hydrogen-bond donors (Lipinski definition) is 2. The molecule has 0 radical (unpaired) electrons. The molecule has 6 heteroatoms. The monoisotopic (exact) mass is 272 g/mol. The Bertz CT molecular complexity index is 711. The Morgan fingerprint density at radius 3 is 2.90 bits per heavy atom. The number of nitrogens with zero attached hydrogens (tertiary/aromatic N) is 2. The van der Waals surface area contributed by atoms with E-state index in [1.54, 1.807) is 13.1 Å². The van der Waals surface area contributed by atoms with Gasteiger partial charge in [-0.05, 0) is 19.9 Å². The van der Waals surface area contributed by atoms with Gasteiger partial charge in [-0.3, -0.25) is 14.7 Å². The highest BCUT2D eigenvalue weighted by Crippen LogP contribution is 2.38. The lowest BCUT2D eigenvalue weighted by atomic mass is 9.89. The molecule has 1 aliphatic heterocycles. The minimum atomic E-state index is -0.0735. The Kier molecular flexibility index (Phi) is 2.74. The van der Waals surface area contributed by atoms with Crippen LogP contribution in [-0.4, -0.2) is 26.5 Å². The number of ketones is 1. The van der Waals surface area contributed by atoms with Gasteiger partial charge in [-0.2, -0.15) is 5.10 Å². The average Bonchev–Trinajstić information content (AvgIpc) is 2.93. The van der Waals surface area contributed by atoms with E-state index in [0.717, 1.165) is 17.0 Å². The molecule has 1 unspecified atom stereocenters. The van der Waals surface area contributed by atoms with Gasteiger partial charge >= 0.3 is 0 Å². The number of carbonyl (C=O) groups is 2. The van der Waals surface area contributed by atoms with Gasteiger partial charge in [0.1, 0.15) is 0 Å². The minimum Gasteiger partial charge on any atom is -0.353 e. The molecule has 0 aromatic carbocycles. The van der Waals surface area contributed by atoms with Gasteiger partial charge in [0, 0.05) is 48.1 Å². The summed E-state index contributed by atoms with van der Waals surface area (Å²) in [5.74, 6) is 0.487. The molecule has 2 aromatic rings. The molecule has 2 N–H and O–H groups in total. The third-order valence-electron chi connectivity index (χ3n) is 3.80. The Hall–Kier alpha value is -2.37. The van der Waals surface area contributed by atoms with E-state index in [1.807, 2.05) is 24.6 Å². The number of rotatable bonds is 2. The third-order valence-corrected chi connectivity index (χ3v) is 3.80. The van der Waals surface area contributed by atoms with Crippen molar-refractivity contribution in [3.8, 4) is 0 Å². The second-order valence-corrected chi connectivity index (χ2v) is 5.24. The van der Waals surface area contributed by atoms with Crippen LogP contribution >= 0.6 is 0 Å². The van der Waals surface area contributed by atoms with E-state index in [4.69, 9.17) is 0 Å². The van der Waals surface area contributed by atoms with E-state index in [1.165, 1.54) is 0 Å². The normalized spacial score (nSPS) is 17.8. The molecular formula is C14H16N4O2. The molecule has 3 heterocycles. The van der Waals surface area contributed by atoms with Gasteiger partial charge in [0.2, 0.25) is 5.91 Å². The zero-order valence-electron chi connectivity index (χ0n) is 11.7. The standard InChI is InChI=1S/C14H16N4O2/c1-7-13-10(5-12(20)15-14(13)17-16-7)11-4-9(8(2)19)6-18(11)3/h4,6,10H,5H2,1-3H3,(H2,15,16,17,20). The maximum Gasteiger partial charge on any atom is 0.226 e. The number of carbonyl (C=O) groups excluding carboxylic acids is 2. The van der Waals surface area contributed by atoms with Crippen LogP contribution in [0.25, 0.3) is 0 Å². The number of H-pyrrole nitrogens is 1. The Balaban J connectivity index is 2.12. The second kappa shape index (κ2) is 4.33. The minimum absolute atomic E-state index is 0.0243. The molecule has 0 fully saturated rings. The molecule has 20 heavy (non-hydrogen) atoms. The first kappa shape index (κ1) is 12.7. The number of hydrogen-bond acceptors (Lipinski definition) is 3. The average molecular weight is 272 g/mol. The smallest absolute Gasteiger partial charge is 0.226 e. The molecule has 1 amide bonds. The van der Waals surface area contributed by atoms with Gasteiger partial charge < -0.3 is 9.88 Å². The molecule has 6 nitrogen and oxygen atoms in total. The highest BCUT2D eigenvalue weighted by molar-refractivity contribution is 5.96. The number of aromatic nitrogens is 3. The highest BCUT2D eigenvalue weighted by Gasteiger charge is 2.32. The van der Waals surface area contributed by atoms with Crippen LogP contribution in [0.15, 0.2) is 12.3 Å². The summed E-state index contributed by atoms with van der Waals surface area (Å²) in [6.07, 6.45) is 2.17. The molecule has 1 aliphatic rings. The Morgan fingerprint density at radius 2 is 2.25 bits per heavy atom.